The first-order valence-corrected chi connectivity index (χ1v) is 6.65. The molecule has 1 unspecified atom stereocenters. The Balaban J connectivity index is 1.64. The van der Waals surface area contributed by atoms with Gasteiger partial charge in [-0.1, -0.05) is 0 Å². The van der Waals surface area contributed by atoms with E-state index in [0.717, 1.165) is 32.0 Å². The average molecular weight is 266 g/mol. The van der Waals surface area contributed by atoms with Gasteiger partial charge in [-0.2, -0.15) is 13.2 Å². The van der Waals surface area contributed by atoms with E-state index in [1.54, 1.807) is 0 Å². The number of nitrogens with zero attached hydrogens (tertiary/aromatic N) is 1. The van der Waals surface area contributed by atoms with Crippen LogP contribution in [-0.2, 0) is 4.74 Å². The minimum Gasteiger partial charge on any atom is -0.371 e. The Morgan fingerprint density at radius 2 is 2.06 bits per heavy atom. The van der Waals surface area contributed by atoms with Gasteiger partial charge in [0.25, 0.3) is 0 Å². The lowest BCUT2D eigenvalue weighted by Crippen LogP contribution is -2.40. The highest BCUT2D eigenvalue weighted by atomic mass is 19.4. The second-order valence-corrected chi connectivity index (χ2v) is 5.22. The van der Waals surface area contributed by atoms with Gasteiger partial charge in [0.05, 0.1) is 6.61 Å². The Kier molecular flexibility index (Phi) is 4.86. The Hall–Kier alpha value is -0.330. The zero-order valence-corrected chi connectivity index (χ0v) is 10.5. The fourth-order valence-electron chi connectivity index (χ4n) is 2.42. The van der Waals surface area contributed by atoms with Crippen LogP contribution in [0.15, 0.2) is 0 Å². The molecular formula is C12H21F3N2O. The van der Waals surface area contributed by atoms with Gasteiger partial charge in [0.15, 0.2) is 0 Å². The van der Waals surface area contributed by atoms with Gasteiger partial charge in [-0.15, -0.1) is 0 Å². The van der Waals surface area contributed by atoms with Crippen LogP contribution in [0, 0.1) is 5.92 Å². The van der Waals surface area contributed by atoms with E-state index in [0.29, 0.717) is 12.6 Å². The first-order chi connectivity index (χ1) is 8.54. The third kappa shape index (κ3) is 5.12. The molecule has 3 nitrogen and oxygen atoms in total. The van der Waals surface area contributed by atoms with E-state index in [2.05, 4.69) is 15.0 Å². The summed E-state index contributed by atoms with van der Waals surface area (Å²) in [7, 11) is 0. The minimum atomic E-state index is -4.21. The molecule has 0 spiro atoms. The van der Waals surface area contributed by atoms with Crippen LogP contribution >= 0.6 is 0 Å². The average Bonchev–Trinajstić information content (AvgIpc) is 3.09. The number of ether oxygens (including phenoxy) is 1. The van der Waals surface area contributed by atoms with Crippen molar-refractivity contribution in [2.24, 2.45) is 5.92 Å². The zero-order valence-electron chi connectivity index (χ0n) is 10.5. The summed E-state index contributed by atoms with van der Waals surface area (Å²) in [5.41, 5.74) is 0. The molecule has 1 aliphatic heterocycles. The predicted molar refractivity (Wildman–Crippen MR) is 62.4 cm³/mol. The molecule has 2 rings (SSSR count). The maximum Gasteiger partial charge on any atom is 0.411 e. The largest absolute Gasteiger partial charge is 0.411 e. The molecule has 0 aromatic heterocycles. The summed E-state index contributed by atoms with van der Waals surface area (Å²) in [5, 5.41) is 3.53. The highest BCUT2D eigenvalue weighted by molar-refractivity contribution is 4.89. The van der Waals surface area contributed by atoms with Crippen molar-refractivity contribution in [2.45, 2.75) is 31.5 Å². The molecule has 1 N–H and O–H groups in total. The van der Waals surface area contributed by atoms with Crippen LogP contribution < -0.4 is 5.32 Å². The van der Waals surface area contributed by atoms with Crippen LogP contribution in [0.1, 0.15) is 19.3 Å². The Bertz CT molecular complexity index is 256. The molecular weight excluding hydrogens is 245 g/mol. The summed E-state index contributed by atoms with van der Waals surface area (Å²) >= 11 is 0. The molecule has 0 aromatic carbocycles. The van der Waals surface area contributed by atoms with Gasteiger partial charge in [-0.3, -0.25) is 4.90 Å². The molecule has 1 saturated heterocycles. The SMILES string of the molecule is FC(F)(F)COCCN1CCCNC(C2CC2)C1. The highest BCUT2D eigenvalue weighted by Crippen LogP contribution is 2.33. The molecule has 2 fully saturated rings. The molecule has 18 heavy (non-hydrogen) atoms. The van der Waals surface area contributed by atoms with E-state index in [1.807, 2.05) is 0 Å². The van der Waals surface area contributed by atoms with Crippen LogP contribution in [-0.4, -0.2) is 56.5 Å². The van der Waals surface area contributed by atoms with Crippen molar-refractivity contribution in [3.63, 3.8) is 0 Å². The molecule has 2 aliphatic rings. The molecule has 1 aliphatic carbocycles. The van der Waals surface area contributed by atoms with Crippen molar-refractivity contribution in [1.82, 2.24) is 10.2 Å². The summed E-state index contributed by atoms with van der Waals surface area (Å²) in [6.45, 7) is 2.54. The molecule has 6 heteroatoms. The second kappa shape index (κ2) is 6.21. The number of hydrogen-bond acceptors (Lipinski definition) is 3. The van der Waals surface area contributed by atoms with Gasteiger partial charge in [0, 0.05) is 19.1 Å². The van der Waals surface area contributed by atoms with Gasteiger partial charge in [-0.25, -0.2) is 0 Å². The maximum absolute atomic E-state index is 11.9. The lowest BCUT2D eigenvalue weighted by atomic mass is 10.2. The number of hydrogen-bond donors (Lipinski definition) is 1. The van der Waals surface area contributed by atoms with Crippen LogP contribution in [0.3, 0.4) is 0 Å². The van der Waals surface area contributed by atoms with E-state index in [1.165, 1.54) is 12.8 Å². The van der Waals surface area contributed by atoms with Gasteiger partial charge in [0.2, 0.25) is 0 Å². The summed E-state index contributed by atoms with van der Waals surface area (Å²) < 4.78 is 40.4. The van der Waals surface area contributed by atoms with Gasteiger partial charge < -0.3 is 10.1 Å². The topological polar surface area (TPSA) is 24.5 Å². The highest BCUT2D eigenvalue weighted by Gasteiger charge is 2.33. The standard InChI is InChI=1S/C12H21F3N2O/c13-12(14,15)9-18-7-6-17-5-1-4-16-11(8-17)10-2-3-10/h10-11,16H,1-9H2. The second-order valence-electron chi connectivity index (χ2n) is 5.22. The van der Waals surface area contributed by atoms with Crippen LogP contribution in [0.5, 0.6) is 0 Å². The first-order valence-electron chi connectivity index (χ1n) is 6.65. The van der Waals surface area contributed by atoms with E-state index >= 15 is 0 Å². The summed E-state index contributed by atoms with van der Waals surface area (Å²) in [6, 6.07) is 0.523. The van der Waals surface area contributed by atoms with Crippen molar-refractivity contribution in [1.29, 1.82) is 0 Å². The van der Waals surface area contributed by atoms with Crippen molar-refractivity contribution < 1.29 is 17.9 Å². The molecule has 0 bridgehead atoms. The third-order valence-corrected chi connectivity index (χ3v) is 3.52. The van der Waals surface area contributed by atoms with Crippen molar-refractivity contribution in [2.75, 3.05) is 39.4 Å². The van der Waals surface area contributed by atoms with Gasteiger partial charge in [0.1, 0.15) is 6.61 Å². The van der Waals surface area contributed by atoms with Crippen molar-refractivity contribution >= 4 is 0 Å². The predicted octanol–water partition coefficient (Wildman–Crippen LogP) is 1.64. The van der Waals surface area contributed by atoms with Crippen LogP contribution in [0.2, 0.25) is 0 Å². The van der Waals surface area contributed by atoms with Gasteiger partial charge >= 0.3 is 6.18 Å². The molecule has 0 amide bonds. The third-order valence-electron chi connectivity index (χ3n) is 3.52. The molecule has 1 saturated carbocycles. The first kappa shape index (κ1) is 14.1. The Labute approximate surface area is 106 Å². The summed E-state index contributed by atoms with van der Waals surface area (Å²) in [5.74, 6) is 0.779. The van der Waals surface area contributed by atoms with E-state index in [4.69, 9.17) is 0 Å². The molecule has 1 atom stereocenters. The molecule has 0 radical (unpaired) electrons. The Morgan fingerprint density at radius 1 is 1.28 bits per heavy atom. The number of rotatable bonds is 5. The van der Waals surface area contributed by atoms with Crippen molar-refractivity contribution in [3.05, 3.63) is 0 Å². The fraction of sp³-hybridized carbons (Fsp3) is 1.00. The number of alkyl halides is 3. The smallest absolute Gasteiger partial charge is 0.371 e. The lowest BCUT2D eigenvalue weighted by molar-refractivity contribution is -0.174. The number of halogens is 3. The van der Waals surface area contributed by atoms with E-state index in [9.17, 15) is 13.2 Å². The monoisotopic (exact) mass is 266 g/mol. The molecule has 1 heterocycles. The zero-order chi connectivity index (χ0) is 13.0. The normalized spacial score (nSPS) is 27.2. The summed E-state index contributed by atoms with van der Waals surface area (Å²) in [4.78, 5) is 2.22. The molecule has 106 valence electrons. The quantitative estimate of drug-likeness (QED) is 0.766. The summed E-state index contributed by atoms with van der Waals surface area (Å²) in [6.07, 6.45) is -0.578. The van der Waals surface area contributed by atoms with Crippen LogP contribution in [0.4, 0.5) is 13.2 Å². The lowest BCUT2D eigenvalue weighted by Gasteiger charge is -2.24. The van der Waals surface area contributed by atoms with Crippen LogP contribution in [0.25, 0.3) is 0 Å². The Morgan fingerprint density at radius 3 is 2.72 bits per heavy atom. The fourth-order valence-corrected chi connectivity index (χ4v) is 2.42. The van der Waals surface area contributed by atoms with E-state index < -0.39 is 12.8 Å². The number of nitrogens with one attached hydrogen (secondary N) is 1. The molecule has 0 aromatic rings. The minimum absolute atomic E-state index is 0.164. The van der Waals surface area contributed by atoms with Gasteiger partial charge in [-0.05, 0) is 38.3 Å². The van der Waals surface area contributed by atoms with E-state index in [-0.39, 0.29) is 6.61 Å². The maximum atomic E-state index is 11.9. The van der Waals surface area contributed by atoms with Crippen molar-refractivity contribution in [3.8, 4) is 0 Å².